The molecule has 0 unspecified atom stereocenters. The highest BCUT2D eigenvalue weighted by atomic mass is 19.1. The summed E-state index contributed by atoms with van der Waals surface area (Å²) in [6, 6.07) is 9.85. The third kappa shape index (κ3) is 4.64. The number of amides is 2. The van der Waals surface area contributed by atoms with E-state index in [1.165, 1.54) is 0 Å². The molecule has 2 aromatic rings. The second-order valence-electron chi connectivity index (χ2n) is 8.65. The number of para-hydroxylation sites is 1. The molecule has 6 nitrogen and oxygen atoms in total. The Balaban J connectivity index is 1.46. The molecule has 3 atom stereocenters. The number of hydrogen-bond acceptors (Lipinski definition) is 4. The van der Waals surface area contributed by atoms with E-state index in [0.717, 1.165) is 24.6 Å². The molecule has 0 bridgehead atoms. The average molecular weight is 441 g/mol. The molecule has 0 aliphatic carbocycles. The number of piperidine rings is 1. The summed E-state index contributed by atoms with van der Waals surface area (Å²) in [5.41, 5.74) is 0.895. The molecule has 1 fully saturated rings. The van der Waals surface area contributed by atoms with Gasteiger partial charge in [0, 0.05) is 25.1 Å². The third-order valence-electron chi connectivity index (χ3n) is 5.77. The van der Waals surface area contributed by atoms with Gasteiger partial charge in [-0.15, -0.1) is 0 Å². The average Bonchev–Trinajstić information content (AvgIpc) is 3.25. The zero-order valence-electron chi connectivity index (χ0n) is 18.0. The van der Waals surface area contributed by atoms with Gasteiger partial charge in [0.2, 0.25) is 6.10 Å². The van der Waals surface area contributed by atoms with Gasteiger partial charge in [0.25, 0.3) is 11.8 Å². The molecule has 2 aromatic carbocycles. The lowest BCUT2D eigenvalue weighted by molar-refractivity contribution is -0.125. The summed E-state index contributed by atoms with van der Waals surface area (Å²) < 4.78 is 27.5. The topological polar surface area (TPSA) is 71.0 Å². The van der Waals surface area contributed by atoms with Crippen LogP contribution < -0.4 is 5.32 Å². The molecular weight excluding hydrogens is 416 g/mol. The molecule has 2 aliphatic heterocycles. The number of benzene rings is 2. The maximum atomic E-state index is 14.0. The van der Waals surface area contributed by atoms with Gasteiger partial charge in [0.1, 0.15) is 11.6 Å². The highest BCUT2D eigenvalue weighted by molar-refractivity contribution is 6.08. The van der Waals surface area contributed by atoms with E-state index in [-0.39, 0.29) is 23.6 Å². The molecule has 1 N–H and O–H groups in total. The largest absolute Gasteiger partial charge is 0.382 e. The van der Waals surface area contributed by atoms with Crippen molar-refractivity contribution in [1.29, 1.82) is 0 Å². The Labute approximate surface area is 185 Å². The smallest absolute Gasteiger partial charge is 0.268 e. The van der Waals surface area contributed by atoms with Crippen molar-refractivity contribution in [2.75, 3.05) is 18.4 Å². The summed E-state index contributed by atoms with van der Waals surface area (Å²) in [6.07, 6.45) is 0.0599. The molecule has 0 spiro atoms. The standard InChI is InChI=1S/C24H25F2N3O3/c1-14-9-15(2)13-29(12-14)24(31)17-5-3-4-6-20(17)27-23(30)22-11-21(28-32-22)18-10-16(25)7-8-19(18)26/h3-8,10,14-15,22H,9,11-13H2,1-2H3,(H,27,30)/t14-,15-,22-/m1/s1. The fraction of sp³-hybridized carbons (Fsp3) is 0.375. The van der Waals surface area contributed by atoms with Crippen molar-refractivity contribution in [3.63, 3.8) is 0 Å². The van der Waals surface area contributed by atoms with Crippen LogP contribution in [-0.4, -0.2) is 41.6 Å². The molecule has 0 saturated carbocycles. The van der Waals surface area contributed by atoms with Gasteiger partial charge in [0.15, 0.2) is 0 Å². The first kappa shape index (κ1) is 21.9. The van der Waals surface area contributed by atoms with Crippen molar-refractivity contribution in [2.45, 2.75) is 32.8 Å². The number of hydrogen-bond donors (Lipinski definition) is 1. The summed E-state index contributed by atoms with van der Waals surface area (Å²) in [6.45, 7) is 5.60. The molecule has 168 valence electrons. The summed E-state index contributed by atoms with van der Waals surface area (Å²) in [5, 5.41) is 6.51. The van der Waals surface area contributed by atoms with E-state index in [9.17, 15) is 18.4 Å². The number of nitrogens with zero attached hydrogens (tertiary/aromatic N) is 2. The summed E-state index contributed by atoms with van der Waals surface area (Å²) >= 11 is 0. The predicted molar refractivity (Wildman–Crippen MR) is 116 cm³/mol. The Bertz CT molecular complexity index is 1060. The lowest BCUT2D eigenvalue weighted by Gasteiger charge is -2.35. The number of oxime groups is 1. The Kier molecular flexibility index (Phi) is 6.21. The first-order valence-electron chi connectivity index (χ1n) is 10.7. The van der Waals surface area contributed by atoms with E-state index in [4.69, 9.17) is 4.84 Å². The van der Waals surface area contributed by atoms with Gasteiger partial charge in [0.05, 0.1) is 17.0 Å². The second kappa shape index (κ2) is 9.06. The molecule has 8 heteroatoms. The Morgan fingerprint density at radius 1 is 1.09 bits per heavy atom. The molecular formula is C24H25F2N3O3. The molecule has 4 rings (SSSR count). The molecule has 0 aromatic heterocycles. The van der Waals surface area contributed by atoms with Gasteiger partial charge in [-0.05, 0) is 48.6 Å². The number of likely N-dealkylation sites (tertiary alicyclic amines) is 1. The van der Waals surface area contributed by atoms with Crippen molar-refractivity contribution < 1.29 is 23.2 Å². The normalized spacial score (nSPS) is 22.8. The van der Waals surface area contributed by atoms with Crippen LogP contribution in [0.25, 0.3) is 0 Å². The number of carbonyl (C=O) groups excluding carboxylic acids is 2. The Morgan fingerprint density at radius 2 is 1.81 bits per heavy atom. The number of nitrogens with one attached hydrogen (secondary N) is 1. The van der Waals surface area contributed by atoms with E-state index >= 15 is 0 Å². The zero-order chi connectivity index (χ0) is 22.8. The van der Waals surface area contributed by atoms with Crippen molar-refractivity contribution >= 4 is 23.2 Å². The minimum atomic E-state index is -1.01. The maximum Gasteiger partial charge on any atom is 0.268 e. The molecule has 2 aliphatic rings. The van der Waals surface area contributed by atoms with Crippen LogP contribution in [0.3, 0.4) is 0 Å². The first-order valence-corrected chi connectivity index (χ1v) is 10.7. The molecule has 2 amide bonds. The van der Waals surface area contributed by atoms with Crippen molar-refractivity contribution in [3.8, 4) is 0 Å². The summed E-state index contributed by atoms with van der Waals surface area (Å²) in [5.74, 6) is -1.07. The van der Waals surface area contributed by atoms with Gasteiger partial charge in [-0.25, -0.2) is 8.78 Å². The second-order valence-corrected chi connectivity index (χ2v) is 8.65. The number of halogens is 2. The van der Waals surface area contributed by atoms with Gasteiger partial charge < -0.3 is 15.1 Å². The fourth-order valence-electron chi connectivity index (χ4n) is 4.39. The van der Waals surface area contributed by atoms with E-state index in [0.29, 0.717) is 36.2 Å². The van der Waals surface area contributed by atoms with Crippen LogP contribution in [0.5, 0.6) is 0 Å². The molecule has 2 heterocycles. The lowest BCUT2D eigenvalue weighted by atomic mass is 9.91. The van der Waals surface area contributed by atoms with Crippen molar-refractivity contribution in [3.05, 3.63) is 65.2 Å². The van der Waals surface area contributed by atoms with Gasteiger partial charge in [-0.3, -0.25) is 9.59 Å². The van der Waals surface area contributed by atoms with Crippen LogP contribution in [-0.2, 0) is 9.63 Å². The predicted octanol–water partition coefficient (Wildman–Crippen LogP) is 4.21. The summed E-state index contributed by atoms with van der Waals surface area (Å²) in [7, 11) is 0. The minimum absolute atomic E-state index is 0.0104. The van der Waals surface area contributed by atoms with E-state index < -0.39 is 23.6 Å². The van der Waals surface area contributed by atoms with Crippen LogP contribution >= 0.6 is 0 Å². The van der Waals surface area contributed by atoms with Crippen LogP contribution in [0, 0.1) is 23.5 Å². The molecule has 1 saturated heterocycles. The molecule has 0 radical (unpaired) electrons. The Hall–Kier alpha value is -3.29. The van der Waals surface area contributed by atoms with E-state index in [1.807, 2.05) is 4.90 Å². The van der Waals surface area contributed by atoms with Crippen molar-refractivity contribution in [2.24, 2.45) is 17.0 Å². The van der Waals surface area contributed by atoms with Gasteiger partial charge in [-0.2, -0.15) is 0 Å². The number of carbonyl (C=O) groups is 2. The van der Waals surface area contributed by atoms with Crippen LogP contribution in [0.4, 0.5) is 14.5 Å². The van der Waals surface area contributed by atoms with Crippen LogP contribution in [0.15, 0.2) is 47.6 Å². The Morgan fingerprint density at radius 3 is 2.56 bits per heavy atom. The maximum absolute atomic E-state index is 14.0. The fourth-order valence-corrected chi connectivity index (χ4v) is 4.39. The van der Waals surface area contributed by atoms with Crippen molar-refractivity contribution in [1.82, 2.24) is 4.90 Å². The quantitative estimate of drug-likeness (QED) is 0.773. The van der Waals surface area contributed by atoms with Crippen LogP contribution in [0.1, 0.15) is 42.6 Å². The monoisotopic (exact) mass is 441 g/mol. The highest BCUT2D eigenvalue weighted by Crippen LogP contribution is 2.26. The highest BCUT2D eigenvalue weighted by Gasteiger charge is 2.32. The lowest BCUT2D eigenvalue weighted by Crippen LogP contribution is -2.43. The van der Waals surface area contributed by atoms with Gasteiger partial charge >= 0.3 is 0 Å². The number of anilines is 1. The minimum Gasteiger partial charge on any atom is -0.382 e. The molecule has 32 heavy (non-hydrogen) atoms. The van der Waals surface area contributed by atoms with E-state index in [1.54, 1.807) is 24.3 Å². The number of rotatable bonds is 4. The van der Waals surface area contributed by atoms with Gasteiger partial charge in [-0.1, -0.05) is 31.1 Å². The van der Waals surface area contributed by atoms with Crippen LogP contribution in [0.2, 0.25) is 0 Å². The van der Waals surface area contributed by atoms with E-state index in [2.05, 4.69) is 24.3 Å². The SMILES string of the molecule is C[C@@H]1C[C@@H](C)CN(C(=O)c2ccccc2NC(=O)[C@H]2CC(c3cc(F)ccc3F)=NO2)C1. The zero-order valence-corrected chi connectivity index (χ0v) is 18.0. The first-order chi connectivity index (χ1) is 15.3. The third-order valence-corrected chi connectivity index (χ3v) is 5.77. The summed E-state index contributed by atoms with van der Waals surface area (Å²) in [4.78, 5) is 33.0.